The first kappa shape index (κ1) is 17.9. The molecule has 2 aliphatic heterocycles. The number of fused-ring (bicyclic) bond motifs is 2. The summed E-state index contributed by atoms with van der Waals surface area (Å²) < 4.78 is 13.0. The van der Waals surface area contributed by atoms with Gasteiger partial charge in [-0.2, -0.15) is 5.10 Å². The number of benzene rings is 1. The van der Waals surface area contributed by atoms with Gasteiger partial charge in [0.25, 0.3) is 5.91 Å². The van der Waals surface area contributed by atoms with Gasteiger partial charge in [-0.1, -0.05) is 0 Å². The van der Waals surface area contributed by atoms with Crippen LogP contribution in [0.2, 0.25) is 0 Å². The van der Waals surface area contributed by atoms with Crippen molar-refractivity contribution in [1.29, 1.82) is 0 Å². The van der Waals surface area contributed by atoms with E-state index in [1.807, 2.05) is 11.9 Å². The fourth-order valence-corrected chi connectivity index (χ4v) is 3.90. The second-order valence-corrected chi connectivity index (χ2v) is 6.85. The predicted molar refractivity (Wildman–Crippen MR) is 96.3 cm³/mol. The van der Waals surface area contributed by atoms with Crippen LogP contribution >= 0.6 is 12.4 Å². The molecule has 5 nitrogen and oxygen atoms in total. The lowest BCUT2D eigenvalue weighted by molar-refractivity contribution is 0.0675. The van der Waals surface area contributed by atoms with Crippen molar-refractivity contribution < 1.29 is 9.18 Å². The normalized spacial score (nSPS) is 24.6. The molecule has 2 unspecified atom stereocenters. The average molecular weight is 365 g/mol. The van der Waals surface area contributed by atoms with Crippen LogP contribution in [0.25, 0.3) is 11.3 Å². The molecule has 0 aliphatic carbocycles. The van der Waals surface area contributed by atoms with Crippen LogP contribution in [0.5, 0.6) is 0 Å². The molecule has 3 heterocycles. The van der Waals surface area contributed by atoms with Crippen molar-refractivity contribution >= 4 is 18.3 Å². The van der Waals surface area contributed by atoms with Crippen molar-refractivity contribution in [2.75, 3.05) is 7.05 Å². The minimum absolute atomic E-state index is 0. The number of halogens is 2. The van der Waals surface area contributed by atoms with Gasteiger partial charge >= 0.3 is 0 Å². The average Bonchev–Trinajstić information content (AvgIpc) is 3.21. The van der Waals surface area contributed by atoms with Crippen molar-refractivity contribution in [3.05, 3.63) is 41.8 Å². The summed E-state index contributed by atoms with van der Waals surface area (Å²) in [5.41, 5.74) is 1.91. The maximum Gasteiger partial charge on any atom is 0.271 e. The number of carbonyl (C=O) groups excluding carboxylic acids is 1. The van der Waals surface area contributed by atoms with E-state index in [1.54, 1.807) is 18.2 Å². The summed E-state index contributed by atoms with van der Waals surface area (Å²) >= 11 is 0. The third-order valence-electron chi connectivity index (χ3n) is 5.26. The highest BCUT2D eigenvalue weighted by Crippen LogP contribution is 2.30. The molecule has 2 bridgehead atoms. The fraction of sp³-hybridized carbons (Fsp3) is 0.444. The van der Waals surface area contributed by atoms with Gasteiger partial charge < -0.3 is 10.2 Å². The minimum atomic E-state index is -0.286. The highest BCUT2D eigenvalue weighted by molar-refractivity contribution is 5.93. The van der Waals surface area contributed by atoms with Crippen molar-refractivity contribution in [2.24, 2.45) is 0 Å². The number of rotatable bonds is 3. The summed E-state index contributed by atoms with van der Waals surface area (Å²) in [6, 6.07) is 9.20. The van der Waals surface area contributed by atoms with E-state index < -0.39 is 0 Å². The molecule has 25 heavy (non-hydrogen) atoms. The second-order valence-electron chi connectivity index (χ2n) is 6.85. The van der Waals surface area contributed by atoms with Gasteiger partial charge in [-0.25, -0.2) is 4.39 Å². The van der Waals surface area contributed by atoms with Crippen molar-refractivity contribution in [1.82, 2.24) is 20.4 Å². The van der Waals surface area contributed by atoms with E-state index in [1.165, 1.54) is 25.0 Å². The number of piperidine rings is 1. The van der Waals surface area contributed by atoms with Crippen LogP contribution in [0.3, 0.4) is 0 Å². The van der Waals surface area contributed by atoms with Crippen LogP contribution < -0.4 is 5.32 Å². The first-order valence-corrected chi connectivity index (χ1v) is 8.44. The number of aromatic nitrogens is 2. The Hall–Kier alpha value is -1.92. The van der Waals surface area contributed by atoms with Crippen LogP contribution in [0, 0.1) is 5.82 Å². The summed E-state index contributed by atoms with van der Waals surface area (Å²) in [5, 5.41) is 10.6. The highest BCUT2D eigenvalue weighted by Gasteiger charge is 2.36. The Balaban J connectivity index is 0.00000182. The standard InChI is InChI=1S/C18H21FN4O.ClH/c1-23(15-8-13-6-7-14(9-15)20-13)18(24)17-10-16(21-22-17)11-2-4-12(19)5-3-11;/h2-5,10,13-15,20H,6-9H2,1H3,(H,21,22);1H. The summed E-state index contributed by atoms with van der Waals surface area (Å²) in [4.78, 5) is 14.6. The first-order valence-electron chi connectivity index (χ1n) is 8.44. The topological polar surface area (TPSA) is 61.0 Å². The van der Waals surface area contributed by atoms with E-state index in [9.17, 15) is 9.18 Å². The van der Waals surface area contributed by atoms with Gasteiger partial charge in [-0.3, -0.25) is 9.89 Å². The Morgan fingerprint density at radius 1 is 1.20 bits per heavy atom. The van der Waals surface area contributed by atoms with E-state index in [2.05, 4.69) is 15.5 Å². The summed E-state index contributed by atoms with van der Waals surface area (Å²) in [5.74, 6) is -0.326. The Morgan fingerprint density at radius 3 is 2.48 bits per heavy atom. The van der Waals surface area contributed by atoms with Gasteiger partial charge in [0.15, 0.2) is 0 Å². The number of nitrogens with one attached hydrogen (secondary N) is 2. The SMILES string of the molecule is CN(C(=O)c1cc(-c2ccc(F)cc2)n[nH]1)C1CC2CCC(C1)N2.Cl. The minimum Gasteiger partial charge on any atom is -0.337 e. The molecule has 2 aromatic rings. The second kappa shape index (κ2) is 7.14. The summed E-state index contributed by atoms with van der Waals surface area (Å²) in [6.07, 6.45) is 4.44. The molecule has 2 fully saturated rings. The van der Waals surface area contributed by atoms with Crippen LogP contribution in [-0.4, -0.2) is 46.2 Å². The predicted octanol–water partition coefficient (Wildman–Crippen LogP) is 2.99. The van der Waals surface area contributed by atoms with E-state index in [-0.39, 0.29) is 30.2 Å². The molecule has 1 aromatic carbocycles. The van der Waals surface area contributed by atoms with Gasteiger partial charge in [0.2, 0.25) is 0 Å². The molecule has 2 atom stereocenters. The molecule has 0 radical (unpaired) electrons. The Kier molecular flexibility index (Phi) is 5.11. The van der Waals surface area contributed by atoms with Gasteiger partial charge in [0.1, 0.15) is 11.5 Å². The van der Waals surface area contributed by atoms with Crippen LogP contribution in [0.4, 0.5) is 4.39 Å². The molecule has 2 N–H and O–H groups in total. The van der Waals surface area contributed by atoms with Gasteiger partial charge in [0.05, 0.1) is 5.69 Å². The number of nitrogens with zero attached hydrogens (tertiary/aromatic N) is 2. The maximum absolute atomic E-state index is 13.0. The van der Waals surface area contributed by atoms with Crippen LogP contribution in [-0.2, 0) is 0 Å². The molecule has 2 saturated heterocycles. The van der Waals surface area contributed by atoms with Gasteiger partial charge in [-0.05, 0) is 56.0 Å². The van der Waals surface area contributed by atoms with Crippen molar-refractivity contribution in [2.45, 2.75) is 43.8 Å². The highest BCUT2D eigenvalue weighted by atomic mass is 35.5. The van der Waals surface area contributed by atoms with Crippen molar-refractivity contribution in [3.8, 4) is 11.3 Å². The maximum atomic E-state index is 13.0. The quantitative estimate of drug-likeness (QED) is 0.880. The summed E-state index contributed by atoms with van der Waals surface area (Å²) in [7, 11) is 1.87. The summed E-state index contributed by atoms with van der Waals surface area (Å²) in [6.45, 7) is 0. The van der Waals surface area contributed by atoms with Crippen LogP contribution in [0.1, 0.15) is 36.2 Å². The zero-order valence-electron chi connectivity index (χ0n) is 14.0. The molecule has 0 spiro atoms. The van der Waals surface area contributed by atoms with Crippen LogP contribution in [0.15, 0.2) is 30.3 Å². The molecular formula is C18H22ClFN4O. The lowest BCUT2D eigenvalue weighted by Gasteiger charge is -2.35. The van der Waals surface area contributed by atoms with Gasteiger partial charge in [0, 0.05) is 30.7 Å². The lowest BCUT2D eigenvalue weighted by Crippen LogP contribution is -2.48. The smallest absolute Gasteiger partial charge is 0.271 e. The molecule has 2 aliphatic rings. The lowest BCUT2D eigenvalue weighted by atomic mass is 9.98. The number of amides is 1. The largest absolute Gasteiger partial charge is 0.337 e. The monoisotopic (exact) mass is 364 g/mol. The number of aromatic amines is 1. The number of hydrogen-bond acceptors (Lipinski definition) is 3. The molecule has 134 valence electrons. The molecule has 7 heteroatoms. The Bertz CT molecular complexity index is 736. The zero-order valence-corrected chi connectivity index (χ0v) is 14.9. The fourth-order valence-electron chi connectivity index (χ4n) is 3.90. The molecule has 0 saturated carbocycles. The number of H-pyrrole nitrogens is 1. The molecule has 4 rings (SSSR count). The number of carbonyl (C=O) groups is 1. The zero-order chi connectivity index (χ0) is 16.7. The number of hydrogen-bond donors (Lipinski definition) is 2. The van der Waals surface area contributed by atoms with Gasteiger partial charge in [-0.15, -0.1) is 12.4 Å². The third-order valence-corrected chi connectivity index (χ3v) is 5.26. The van der Waals surface area contributed by atoms with E-state index in [4.69, 9.17) is 0 Å². The molecule has 1 aromatic heterocycles. The first-order chi connectivity index (χ1) is 11.6. The van der Waals surface area contributed by atoms with E-state index >= 15 is 0 Å². The Morgan fingerprint density at radius 2 is 1.84 bits per heavy atom. The Labute approximate surface area is 152 Å². The third kappa shape index (κ3) is 3.55. The molecule has 1 amide bonds. The van der Waals surface area contributed by atoms with E-state index in [0.29, 0.717) is 23.5 Å². The molecular weight excluding hydrogens is 343 g/mol. The van der Waals surface area contributed by atoms with Crippen molar-refractivity contribution in [3.63, 3.8) is 0 Å². The van der Waals surface area contributed by atoms with E-state index in [0.717, 1.165) is 18.4 Å².